The molecule has 0 saturated carbocycles. The fraction of sp³-hybridized carbons (Fsp3) is 0.429. The van der Waals surface area contributed by atoms with Gasteiger partial charge in [-0.15, -0.1) is 0 Å². The molecule has 0 radical (unpaired) electrons. The Hall–Kier alpha value is -1.90. The molecule has 2 unspecified atom stereocenters. The van der Waals surface area contributed by atoms with Crippen molar-refractivity contribution < 1.29 is 19.7 Å². The Bertz CT molecular complexity index is 450. The van der Waals surface area contributed by atoms with Crippen molar-refractivity contribution in [2.75, 3.05) is 6.61 Å². The van der Waals surface area contributed by atoms with Gasteiger partial charge in [0.25, 0.3) is 0 Å². The molecule has 0 fully saturated rings. The molecule has 1 rings (SSSR count). The lowest BCUT2D eigenvalue weighted by Gasteiger charge is -2.17. The molecule has 0 saturated heterocycles. The van der Waals surface area contributed by atoms with Gasteiger partial charge in [-0.2, -0.15) is 5.26 Å². The van der Waals surface area contributed by atoms with Crippen molar-refractivity contribution in [3.05, 3.63) is 35.4 Å². The Morgan fingerprint density at radius 1 is 1.37 bits per heavy atom. The second kappa shape index (κ2) is 7.52. The topological polar surface area (TPSA) is 90.6 Å². The van der Waals surface area contributed by atoms with Gasteiger partial charge >= 0.3 is 5.97 Å². The van der Waals surface area contributed by atoms with E-state index in [9.17, 15) is 15.0 Å². The third-order valence-electron chi connectivity index (χ3n) is 2.65. The molecule has 0 spiro atoms. The van der Waals surface area contributed by atoms with Crippen molar-refractivity contribution in [3.63, 3.8) is 0 Å². The predicted octanol–water partition coefficient (Wildman–Crippen LogP) is 1.10. The Morgan fingerprint density at radius 3 is 2.53 bits per heavy atom. The molecular weight excluding hydrogens is 246 g/mol. The zero-order valence-electron chi connectivity index (χ0n) is 10.7. The molecule has 0 aliphatic carbocycles. The van der Waals surface area contributed by atoms with Gasteiger partial charge in [0, 0.05) is 0 Å². The van der Waals surface area contributed by atoms with Crippen LogP contribution in [0.1, 0.15) is 30.6 Å². The zero-order valence-corrected chi connectivity index (χ0v) is 10.7. The minimum absolute atomic E-state index is 0.241. The second-order valence-electron chi connectivity index (χ2n) is 4.10. The molecule has 19 heavy (non-hydrogen) atoms. The summed E-state index contributed by atoms with van der Waals surface area (Å²) in [6.07, 6.45) is -2.32. The summed E-state index contributed by atoms with van der Waals surface area (Å²) >= 11 is 0. The minimum Gasteiger partial charge on any atom is -0.466 e. The molecule has 0 bridgehead atoms. The first-order valence-electron chi connectivity index (χ1n) is 6.06. The van der Waals surface area contributed by atoms with Crippen molar-refractivity contribution in [3.8, 4) is 6.07 Å². The molecule has 2 N–H and O–H groups in total. The van der Waals surface area contributed by atoms with Crippen molar-refractivity contribution in [1.82, 2.24) is 0 Å². The summed E-state index contributed by atoms with van der Waals surface area (Å²) in [4.78, 5) is 11.2. The number of benzene rings is 1. The number of esters is 1. The molecule has 102 valence electrons. The first kappa shape index (κ1) is 15.2. The van der Waals surface area contributed by atoms with E-state index in [0.717, 1.165) is 5.56 Å². The smallest absolute Gasteiger partial charge is 0.308 e. The van der Waals surface area contributed by atoms with Crippen LogP contribution in [0.25, 0.3) is 0 Å². The summed E-state index contributed by atoms with van der Waals surface area (Å²) in [6.45, 7) is 1.92. The highest BCUT2D eigenvalue weighted by molar-refractivity contribution is 5.70. The maximum atomic E-state index is 11.2. The van der Waals surface area contributed by atoms with Gasteiger partial charge in [0.1, 0.15) is 6.10 Å². The Balaban J connectivity index is 2.63. The number of nitrogens with zero attached hydrogens (tertiary/aromatic N) is 1. The van der Waals surface area contributed by atoms with E-state index in [-0.39, 0.29) is 13.0 Å². The van der Waals surface area contributed by atoms with E-state index >= 15 is 0 Å². The summed E-state index contributed by atoms with van der Waals surface area (Å²) in [5.41, 5.74) is 1.33. The van der Waals surface area contributed by atoms with Crippen LogP contribution in [0.2, 0.25) is 0 Å². The standard InChI is InChI=1S/C14H17NO4/c1-2-19-13(17)9-12(16)14(18)11-5-3-10(4-6-11)7-8-15/h3-6,12,14,16,18H,2,7,9H2,1H3. The molecule has 5 heteroatoms. The van der Waals surface area contributed by atoms with E-state index in [1.807, 2.05) is 6.07 Å². The highest BCUT2D eigenvalue weighted by Gasteiger charge is 2.21. The SMILES string of the molecule is CCOC(=O)CC(O)C(O)c1ccc(CC#N)cc1. The van der Waals surface area contributed by atoms with E-state index in [1.54, 1.807) is 31.2 Å². The van der Waals surface area contributed by atoms with E-state index in [4.69, 9.17) is 10.00 Å². The van der Waals surface area contributed by atoms with Gasteiger partial charge in [0.05, 0.1) is 31.6 Å². The lowest BCUT2D eigenvalue weighted by Crippen LogP contribution is -2.23. The zero-order chi connectivity index (χ0) is 14.3. The first-order valence-corrected chi connectivity index (χ1v) is 6.06. The highest BCUT2D eigenvalue weighted by atomic mass is 16.5. The average molecular weight is 263 g/mol. The lowest BCUT2D eigenvalue weighted by atomic mass is 10.0. The van der Waals surface area contributed by atoms with Crippen LogP contribution < -0.4 is 0 Å². The minimum atomic E-state index is -1.21. The van der Waals surface area contributed by atoms with E-state index in [2.05, 4.69) is 0 Å². The van der Waals surface area contributed by atoms with Gasteiger partial charge in [-0.1, -0.05) is 24.3 Å². The fourth-order valence-corrected chi connectivity index (χ4v) is 1.65. The number of rotatable bonds is 6. The third kappa shape index (κ3) is 4.70. The second-order valence-corrected chi connectivity index (χ2v) is 4.10. The molecule has 0 amide bonds. The van der Waals surface area contributed by atoms with Crippen LogP contribution in [0.3, 0.4) is 0 Å². The molecular formula is C14H17NO4. The monoisotopic (exact) mass is 263 g/mol. The van der Waals surface area contributed by atoms with E-state index < -0.39 is 18.2 Å². The van der Waals surface area contributed by atoms with Crippen LogP contribution in [-0.2, 0) is 16.0 Å². The molecule has 1 aromatic carbocycles. The molecule has 0 aliphatic rings. The number of aliphatic hydroxyl groups is 2. The maximum absolute atomic E-state index is 11.2. The van der Waals surface area contributed by atoms with Crippen molar-refractivity contribution >= 4 is 5.97 Å². The van der Waals surface area contributed by atoms with Crippen LogP contribution >= 0.6 is 0 Å². The third-order valence-corrected chi connectivity index (χ3v) is 2.65. The van der Waals surface area contributed by atoms with Crippen LogP contribution in [0.5, 0.6) is 0 Å². The molecule has 0 heterocycles. The lowest BCUT2D eigenvalue weighted by molar-refractivity contribution is -0.147. The number of carbonyl (C=O) groups is 1. The summed E-state index contributed by atoms with van der Waals surface area (Å²) in [6, 6.07) is 8.70. The maximum Gasteiger partial charge on any atom is 0.308 e. The molecule has 0 aliphatic heterocycles. The van der Waals surface area contributed by atoms with Crippen LogP contribution in [0.15, 0.2) is 24.3 Å². The summed E-state index contributed by atoms with van der Waals surface area (Å²) in [5.74, 6) is -0.546. The normalized spacial score (nSPS) is 13.4. The van der Waals surface area contributed by atoms with E-state index in [1.165, 1.54) is 0 Å². The summed E-state index contributed by atoms with van der Waals surface area (Å²) in [7, 11) is 0. The molecule has 5 nitrogen and oxygen atoms in total. The average Bonchev–Trinajstić information content (AvgIpc) is 2.39. The van der Waals surface area contributed by atoms with Crippen molar-refractivity contribution in [2.45, 2.75) is 32.0 Å². The molecule has 0 aromatic heterocycles. The fourth-order valence-electron chi connectivity index (χ4n) is 1.65. The number of ether oxygens (including phenoxy) is 1. The van der Waals surface area contributed by atoms with Gasteiger partial charge in [0.15, 0.2) is 0 Å². The number of hydrogen-bond donors (Lipinski definition) is 2. The number of carbonyl (C=O) groups excluding carboxylic acids is 1. The summed E-state index contributed by atoms with van der Waals surface area (Å²) in [5, 5.41) is 28.2. The predicted molar refractivity (Wildman–Crippen MR) is 68.0 cm³/mol. The van der Waals surface area contributed by atoms with Gasteiger partial charge in [-0.05, 0) is 18.1 Å². The molecule has 2 atom stereocenters. The Labute approximate surface area is 112 Å². The summed E-state index contributed by atoms with van der Waals surface area (Å²) < 4.78 is 4.70. The Kier molecular flexibility index (Phi) is 6.00. The van der Waals surface area contributed by atoms with Crippen LogP contribution in [0, 0.1) is 11.3 Å². The first-order chi connectivity index (χ1) is 9.08. The van der Waals surface area contributed by atoms with Gasteiger partial charge < -0.3 is 14.9 Å². The van der Waals surface area contributed by atoms with E-state index in [0.29, 0.717) is 12.0 Å². The van der Waals surface area contributed by atoms with Gasteiger partial charge in [-0.25, -0.2) is 0 Å². The number of nitriles is 1. The number of aliphatic hydroxyl groups excluding tert-OH is 2. The largest absolute Gasteiger partial charge is 0.466 e. The van der Waals surface area contributed by atoms with Gasteiger partial charge in [0.2, 0.25) is 0 Å². The quantitative estimate of drug-likeness (QED) is 0.750. The van der Waals surface area contributed by atoms with Gasteiger partial charge in [-0.3, -0.25) is 4.79 Å². The molecule has 1 aromatic rings. The van der Waals surface area contributed by atoms with Crippen molar-refractivity contribution in [1.29, 1.82) is 5.26 Å². The van der Waals surface area contributed by atoms with Crippen LogP contribution in [0.4, 0.5) is 0 Å². The van der Waals surface area contributed by atoms with Crippen LogP contribution in [-0.4, -0.2) is 28.9 Å². The Morgan fingerprint density at radius 2 is 2.00 bits per heavy atom. The van der Waals surface area contributed by atoms with Crippen molar-refractivity contribution in [2.24, 2.45) is 0 Å². The highest BCUT2D eigenvalue weighted by Crippen LogP contribution is 2.20. The number of hydrogen-bond acceptors (Lipinski definition) is 5.